The summed E-state index contributed by atoms with van der Waals surface area (Å²) in [6, 6.07) is 13.1. The molecule has 3 aromatic rings. The number of hydrogen-bond acceptors (Lipinski definition) is 7. The molecule has 0 aliphatic rings. The van der Waals surface area contributed by atoms with Gasteiger partial charge in [0.05, 0.1) is 18.2 Å². The number of nitrogens with one attached hydrogen (secondary N) is 1. The zero-order valence-corrected chi connectivity index (χ0v) is 20.6. The average molecular weight is 513 g/mol. The standard InChI is InChI=1S/C24H25ClN6O5/c1-15(22(33)34)12-30(3)24(35)28-23(31(14-32)13-17-4-8-19(25)9-5-17)27-20-10-6-18(7-11-20)21-26-16(2)36-29-21/h4-11,14-15H,12-13H2,1-3H3,(H,33,34)(H,27,28,35). The average Bonchev–Trinajstić information content (AvgIpc) is 3.29. The first-order valence-electron chi connectivity index (χ1n) is 10.9. The van der Waals surface area contributed by atoms with E-state index >= 15 is 0 Å². The molecule has 188 valence electrons. The normalized spacial score (nSPS) is 12.1. The molecule has 1 aromatic heterocycles. The van der Waals surface area contributed by atoms with E-state index in [1.165, 1.54) is 23.8 Å². The molecule has 0 spiro atoms. The number of benzene rings is 2. The third-order valence-corrected chi connectivity index (χ3v) is 5.34. The van der Waals surface area contributed by atoms with Crippen LogP contribution in [-0.4, -0.2) is 63.0 Å². The Balaban J connectivity index is 1.88. The first-order chi connectivity index (χ1) is 17.2. The first kappa shape index (κ1) is 26.4. The largest absolute Gasteiger partial charge is 0.481 e. The van der Waals surface area contributed by atoms with E-state index in [0.717, 1.165) is 5.56 Å². The summed E-state index contributed by atoms with van der Waals surface area (Å²) in [6.45, 7) is 3.25. The lowest BCUT2D eigenvalue weighted by atomic mass is 10.2. The number of carbonyl (C=O) groups is 3. The summed E-state index contributed by atoms with van der Waals surface area (Å²) in [5, 5.41) is 16.2. The minimum Gasteiger partial charge on any atom is -0.481 e. The zero-order chi connectivity index (χ0) is 26.2. The maximum absolute atomic E-state index is 12.8. The Hall–Kier alpha value is -4.25. The number of nitrogens with zero attached hydrogens (tertiary/aromatic N) is 5. The lowest BCUT2D eigenvalue weighted by Crippen LogP contribution is -2.49. The van der Waals surface area contributed by atoms with Crippen molar-refractivity contribution in [2.45, 2.75) is 20.4 Å². The summed E-state index contributed by atoms with van der Waals surface area (Å²) in [4.78, 5) is 47.1. The molecular formula is C24H25ClN6O5. The number of carbonyl (C=O) groups excluding carboxylic acids is 2. The van der Waals surface area contributed by atoms with Gasteiger partial charge in [-0.3, -0.25) is 19.8 Å². The van der Waals surface area contributed by atoms with Crippen molar-refractivity contribution in [3.63, 3.8) is 0 Å². The Morgan fingerprint density at radius 2 is 1.86 bits per heavy atom. The van der Waals surface area contributed by atoms with Crippen LogP contribution in [0.4, 0.5) is 10.5 Å². The third-order valence-electron chi connectivity index (χ3n) is 5.09. The van der Waals surface area contributed by atoms with Gasteiger partial charge in [-0.15, -0.1) is 0 Å². The molecule has 1 heterocycles. The van der Waals surface area contributed by atoms with Gasteiger partial charge in [-0.25, -0.2) is 9.79 Å². The monoisotopic (exact) mass is 512 g/mol. The highest BCUT2D eigenvalue weighted by Gasteiger charge is 2.21. The van der Waals surface area contributed by atoms with E-state index < -0.39 is 17.9 Å². The first-order valence-corrected chi connectivity index (χ1v) is 11.2. The Morgan fingerprint density at radius 3 is 2.42 bits per heavy atom. The molecule has 3 amide bonds. The summed E-state index contributed by atoms with van der Waals surface area (Å²) in [5.41, 5.74) is 1.90. The fourth-order valence-electron chi connectivity index (χ4n) is 3.10. The fourth-order valence-corrected chi connectivity index (χ4v) is 3.23. The quantitative estimate of drug-likeness (QED) is 0.266. The van der Waals surface area contributed by atoms with E-state index in [0.29, 0.717) is 34.4 Å². The minimum absolute atomic E-state index is 0.0362. The van der Waals surface area contributed by atoms with E-state index in [9.17, 15) is 14.4 Å². The Bertz CT molecular complexity index is 1240. The molecule has 2 aromatic carbocycles. The molecule has 0 aliphatic carbocycles. The van der Waals surface area contributed by atoms with Crippen LogP contribution >= 0.6 is 11.6 Å². The summed E-state index contributed by atoms with van der Waals surface area (Å²) < 4.78 is 5.00. The van der Waals surface area contributed by atoms with Gasteiger partial charge < -0.3 is 14.5 Å². The van der Waals surface area contributed by atoms with Gasteiger partial charge >= 0.3 is 12.0 Å². The molecule has 3 rings (SSSR count). The third kappa shape index (κ3) is 7.12. The van der Waals surface area contributed by atoms with Gasteiger partial charge in [0.2, 0.25) is 24.1 Å². The predicted molar refractivity (Wildman–Crippen MR) is 133 cm³/mol. The van der Waals surface area contributed by atoms with Crippen molar-refractivity contribution >= 4 is 41.7 Å². The van der Waals surface area contributed by atoms with Crippen LogP contribution in [0.5, 0.6) is 0 Å². The van der Waals surface area contributed by atoms with Crippen LogP contribution in [-0.2, 0) is 16.1 Å². The molecule has 0 fully saturated rings. The van der Waals surface area contributed by atoms with Crippen LogP contribution in [0, 0.1) is 12.8 Å². The Labute approximate surface area is 212 Å². The molecule has 36 heavy (non-hydrogen) atoms. The van der Waals surface area contributed by atoms with Gasteiger partial charge in [0, 0.05) is 31.1 Å². The number of amides is 3. The highest BCUT2D eigenvalue weighted by Crippen LogP contribution is 2.21. The molecule has 0 saturated heterocycles. The van der Waals surface area contributed by atoms with Crippen molar-refractivity contribution in [1.29, 1.82) is 0 Å². The van der Waals surface area contributed by atoms with E-state index in [-0.39, 0.29) is 19.0 Å². The second-order valence-electron chi connectivity index (χ2n) is 8.03. The van der Waals surface area contributed by atoms with E-state index in [4.69, 9.17) is 21.2 Å². The summed E-state index contributed by atoms with van der Waals surface area (Å²) in [5.74, 6) is -0.996. The van der Waals surface area contributed by atoms with Crippen molar-refractivity contribution < 1.29 is 24.0 Å². The van der Waals surface area contributed by atoms with Crippen LogP contribution in [0.2, 0.25) is 5.02 Å². The summed E-state index contributed by atoms with van der Waals surface area (Å²) in [7, 11) is 1.46. The number of urea groups is 1. The summed E-state index contributed by atoms with van der Waals surface area (Å²) in [6.07, 6.45) is 0.546. The van der Waals surface area contributed by atoms with Crippen molar-refractivity contribution in [2.24, 2.45) is 10.9 Å². The highest BCUT2D eigenvalue weighted by atomic mass is 35.5. The number of hydrogen-bond donors (Lipinski definition) is 2. The number of rotatable bonds is 8. The molecule has 1 unspecified atom stereocenters. The number of halogens is 1. The molecule has 0 saturated carbocycles. The van der Waals surface area contributed by atoms with Crippen molar-refractivity contribution in [3.8, 4) is 11.4 Å². The molecule has 2 N–H and O–H groups in total. The van der Waals surface area contributed by atoms with Gasteiger partial charge in [0.15, 0.2) is 0 Å². The molecule has 0 bridgehead atoms. The summed E-state index contributed by atoms with van der Waals surface area (Å²) >= 11 is 5.95. The maximum Gasteiger partial charge on any atom is 0.323 e. The molecule has 0 aliphatic heterocycles. The predicted octanol–water partition coefficient (Wildman–Crippen LogP) is 3.71. The number of aliphatic carboxylic acids is 1. The van der Waals surface area contributed by atoms with Crippen LogP contribution in [0.15, 0.2) is 58.0 Å². The number of carboxylic acids is 1. The number of aromatic nitrogens is 2. The number of aryl methyl sites for hydroxylation is 1. The second-order valence-corrected chi connectivity index (χ2v) is 8.47. The minimum atomic E-state index is -1.03. The van der Waals surface area contributed by atoms with Gasteiger partial charge in [0.1, 0.15) is 0 Å². The van der Waals surface area contributed by atoms with Crippen LogP contribution in [0.25, 0.3) is 11.4 Å². The van der Waals surface area contributed by atoms with Gasteiger partial charge in [-0.2, -0.15) is 4.98 Å². The maximum atomic E-state index is 12.8. The van der Waals surface area contributed by atoms with Crippen molar-refractivity contribution in [1.82, 2.24) is 25.3 Å². The number of guanidine groups is 1. The smallest absolute Gasteiger partial charge is 0.323 e. The lowest BCUT2D eigenvalue weighted by Gasteiger charge is -2.24. The molecular weight excluding hydrogens is 488 g/mol. The molecule has 11 nitrogen and oxygen atoms in total. The SMILES string of the molecule is Cc1nc(-c2ccc(N=C(NC(=O)N(C)CC(C)C(=O)O)N(C=O)Cc3ccc(Cl)cc3)cc2)no1. The highest BCUT2D eigenvalue weighted by molar-refractivity contribution is 6.30. The van der Waals surface area contributed by atoms with Crippen LogP contribution < -0.4 is 5.32 Å². The fraction of sp³-hybridized carbons (Fsp3) is 0.250. The van der Waals surface area contributed by atoms with E-state index in [2.05, 4.69) is 20.4 Å². The molecule has 1 atom stereocenters. The number of aliphatic imine (C=N–C) groups is 1. The van der Waals surface area contributed by atoms with Crippen LogP contribution in [0.3, 0.4) is 0 Å². The van der Waals surface area contributed by atoms with E-state index in [1.807, 2.05) is 0 Å². The molecule has 0 radical (unpaired) electrons. The van der Waals surface area contributed by atoms with E-state index in [1.54, 1.807) is 55.5 Å². The van der Waals surface area contributed by atoms with Gasteiger partial charge in [-0.1, -0.05) is 35.8 Å². The van der Waals surface area contributed by atoms with Crippen molar-refractivity contribution in [3.05, 3.63) is 65.0 Å². The lowest BCUT2D eigenvalue weighted by molar-refractivity contribution is -0.141. The van der Waals surface area contributed by atoms with Gasteiger partial charge in [0.25, 0.3) is 0 Å². The Morgan fingerprint density at radius 1 is 1.19 bits per heavy atom. The topological polar surface area (TPSA) is 141 Å². The Kier molecular flexibility index (Phi) is 8.74. The second kappa shape index (κ2) is 11.9. The number of carboxylic acid groups (broad SMARTS) is 1. The van der Waals surface area contributed by atoms with Crippen LogP contribution in [0.1, 0.15) is 18.4 Å². The zero-order valence-electron chi connectivity index (χ0n) is 19.9. The van der Waals surface area contributed by atoms with Gasteiger partial charge in [-0.05, 0) is 42.0 Å². The molecule has 12 heteroatoms. The van der Waals surface area contributed by atoms with Crippen molar-refractivity contribution in [2.75, 3.05) is 13.6 Å².